The molecule has 0 radical (unpaired) electrons. The summed E-state index contributed by atoms with van der Waals surface area (Å²) >= 11 is 6.05. The SMILES string of the molecule is [C-]#[N+]c1ccc(-c2cc(CN=C(N)NS(=O)(=O)c3ccccc3)cnc2-c2ccc(Cl)cc2)cc1. The molecule has 0 aliphatic heterocycles. The molecule has 0 saturated heterocycles. The quantitative estimate of drug-likeness (QED) is 0.209. The Balaban J connectivity index is 1.64. The number of hydrogen-bond donors (Lipinski definition) is 2. The molecule has 1 heterocycles. The first-order valence-corrected chi connectivity index (χ1v) is 12.3. The highest BCUT2D eigenvalue weighted by atomic mass is 35.5. The average Bonchev–Trinajstić information content (AvgIpc) is 2.88. The largest absolute Gasteiger partial charge is 0.369 e. The van der Waals surface area contributed by atoms with E-state index in [0.29, 0.717) is 10.7 Å². The minimum atomic E-state index is -3.82. The monoisotopic (exact) mass is 501 g/mol. The number of aromatic nitrogens is 1. The molecule has 0 fully saturated rings. The number of nitrogens with zero attached hydrogens (tertiary/aromatic N) is 3. The highest BCUT2D eigenvalue weighted by molar-refractivity contribution is 7.90. The van der Waals surface area contributed by atoms with Crippen molar-refractivity contribution in [3.8, 4) is 22.4 Å². The van der Waals surface area contributed by atoms with Gasteiger partial charge >= 0.3 is 0 Å². The van der Waals surface area contributed by atoms with Crippen molar-refractivity contribution in [1.82, 2.24) is 9.71 Å². The maximum atomic E-state index is 12.5. The van der Waals surface area contributed by atoms with Gasteiger partial charge in [-0.05, 0) is 41.5 Å². The van der Waals surface area contributed by atoms with Crippen LogP contribution in [0, 0.1) is 6.57 Å². The molecule has 7 nitrogen and oxygen atoms in total. The Kier molecular flexibility index (Phi) is 7.11. The second-order valence-electron chi connectivity index (χ2n) is 7.53. The average molecular weight is 502 g/mol. The fourth-order valence-electron chi connectivity index (χ4n) is 3.37. The molecule has 0 unspecified atom stereocenters. The van der Waals surface area contributed by atoms with Crippen molar-refractivity contribution in [2.75, 3.05) is 0 Å². The first-order chi connectivity index (χ1) is 16.9. The van der Waals surface area contributed by atoms with Gasteiger partial charge in [-0.1, -0.05) is 66.2 Å². The van der Waals surface area contributed by atoms with Crippen molar-refractivity contribution in [2.24, 2.45) is 10.7 Å². The van der Waals surface area contributed by atoms with Crippen LogP contribution in [0.4, 0.5) is 5.69 Å². The van der Waals surface area contributed by atoms with Gasteiger partial charge in [0.1, 0.15) is 0 Å². The summed E-state index contributed by atoms with van der Waals surface area (Å²) in [5.41, 5.74) is 10.5. The minimum absolute atomic E-state index is 0.0947. The van der Waals surface area contributed by atoms with Gasteiger partial charge in [-0.2, -0.15) is 0 Å². The molecular formula is C26H20ClN5O2S. The maximum absolute atomic E-state index is 12.5. The minimum Gasteiger partial charge on any atom is -0.369 e. The molecule has 174 valence electrons. The molecule has 0 aliphatic rings. The van der Waals surface area contributed by atoms with Crippen LogP contribution in [0.5, 0.6) is 0 Å². The summed E-state index contributed by atoms with van der Waals surface area (Å²) in [6, 6.07) is 24.4. The van der Waals surface area contributed by atoms with Crippen LogP contribution >= 0.6 is 11.6 Å². The molecule has 0 saturated carbocycles. The molecule has 3 N–H and O–H groups in total. The Morgan fingerprint density at radius 1 is 1.00 bits per heavy atom. The van der Waals surface area contributed by atoms with Gasteiger partial charge in [0.25, 0.3) is 10.0 Å². The van der Waals surface area contributed by atoms with Crippen molar-refractivity contribution >= 4 is 33.3 Å². The molecule has 1 aromatic heterocycles. The van der Waals surface area contributed by atoms with E-state index >= 15 is 0 Å². The van der Waals surface area contributed by atoms with E-state index in [1.54, 1.807) is 48.7 Å². The van der Waals surface area contributed by atoms with E-state index in [2.05, 4.69) is 19.5 Å². The Hall–Kier alpha value is -4.19. The van der Waals surface area contributed by atoms with Crippen molar-refractivity contribution < 1.29 is 8.42 Å². The lowest BCUT2D eigenvalue weighted by Gasteiger charge is -2.12. The predicted octanol–water partition coefficient (Wildman–Crippen LogP) is 5.41. The molecule has 0 aliphatic carbocycles. The molecule has 9 heteroatoms. The summed E-state index contributed by atoms with van der Waals surface area (Å²) in [4.78, 5) is 12.4. The topological polar surface area (TPSA) is 102 Å². The van der Waals surface area contributed by atoms with Crippen molar-refractivity contribution in [1.29, 1.82) is 0 Å². The Labute approximate surface area is 208 Å². The molecule has 0 amide bonds. The molecule has 35 heavy (non-hydrogen) atoms. The van der Waals surface area contributed by atoms with Gasteiger partial charge < -0.3 is 5.73 Å². The van der Waals surface area contributed by atoms with Crippen molar-refractivity contribution in [3.63, 3.8) is 0 Å². The zero-order chi connectivity index (χ0) is 24.8. The highest BCUT2D eigenvalue weighted by Crippen LogP contribution is 2.33. The normalized spacial score (nSPS) is 11.6. The lowest BCUT2D eigenvalue weighted by atomic mass is 9.97. The fraction of sp³-hybridized carbons (Fsp3) is 0.0385. The van der Waals surface area contributed by atoms with Crippen molar-refractivity contribution in [2.45, 2.75) is 11.4 Å². The van der Waals surface area contributed by atoms with Crippen LogP contribution in [0.25, 0.3) is 27.2 Å². The Morgan fingerprint density at radius 3 is 2.31 bits per heavy atom. The summed E-state index contributed by atoms with van der Waals surface area (Å²) in [5, 5.41) is 0.621. The van der Waals surface area contributed by atoms with Crippen LogP contribution < -0.4 is 10.5 Å². The number of guanidine groups is 1. The second kappa shape index (κ2) is 10.4. The van der Waals surface area contributed by atoms with Crippen LogP contribution in [0.3, 0.4) is 0 Å². The van der Waals surface area contributed by atoms with E-state index < -0.39 is 10.0 Å². The number of pyridine rings is 1. The fourth-order valence-corrected chi connectivity index (χ4v) is 4.47. The van der Waals surface area contributed by atoms with Gasteiger partial charge in [-0.25, -0.2) is 23.0 Å². The van der Waals surface area contributed by atoms with Gasteiger partial charge in [0.05, 0.1) is 23.7 Å². The van der Waals surface area contributed by atoms with Crippen LogP contribution in [-0.2, 0) is 16.6 Å². The van der Waals surface area contributed by atoms with Gasteiger partial charge in [0.2, 0.25) is 5.96 Å². The lowest BCUT2D eigenvalue weighted by Crippen LogP contribution is -2.36. The Morgan fingerprint density at radius 2 is 1.66 bits per heavy atom. The van der Waals surface area contributed by atoms with Gasteiger partial charge in [0, 0.05) is 22.3 Å². The molecule has 0 bridgehead atoms. The van der Waals surface area contributed by atoms with Gasteiger partial charge in [-0.15, -0.1) is 0 Å². The first-order valence-electron chi connectivity index (χ1n) is 10.5. The zero-order valence-electron chi connectivity index (χ0n) is 18.4. The summed E-state index contributed by atoms with van der Waals surface area (Å²) in [7, 11) is -3.82. The number of nitrogens with one attached hydrogen (secondary N) is 1. The zero-order valence-corrected chi connectivity index (χ0v) is 20.0. The number of halogens is 1. The lowest BCUT2D eigenvalue weighted by molar-refractivity contribution is 0.592. The number of sulfonamides is 1. The number of rotatable bonds is 6. The highest BCUT2D eigenvalue weighted by Gasteiger charge is 2.15. The number of nitrogens with two attached hydrogens (primary N) is 1. The van der Waals surface area contributed by atoms with Crippen LogP contribution in [0.2, 0.25) is 5.02 Å². The van der Waals surface area contributed by atoms with Gasteiger partial charge in [-0.3, -0.25) is 4.98 Å². The van der Waals surface area contributed by atoms with Crippen LogP contribution in [0.1, 0.15) is 5.56 Å². The van der Waals surface area contributed by atoms with E-state index in [1.807, 2.05) is 30.3 Å². The maximum Gasteiger partial charge on any atom is 0.264 e. The van der Waals surface area contributed by atoms with Crippen LogP contribution in [-0.4, -0.2) is 19.4 Å². The predicted molar refractivity (Wildman–Crippen MR) is 138 cm³/mol. The van der Waals surface area contributed by atoms with E-state index in [1.165, 1.54) is 12.1 Å². The van der Waals surface area contributed by atoms with E-state index in [-0.39, 0.29) is 17.4 Å². The third kappa shape index (κ3) is 5.84. The smallest absolute Gasteiger partial charge is 0.264 e. The number of hydrogen-bond acceptors (Lipinski definition) is 4. The summed E-state index contributed by atoms with van der Waals surface area (Å²) in [6.45, 7) is 7.30. The molecular weight excluding hydrogens is 482 g/mol. The molecule has 3 aromatic carbocycles. The van der Waals surface area contributed by atoms with Gasteiger partial charge in [0.15, 0.2) is 5.69 Å². The van der Waals surface area contributed by atoms with E-state index in [0.717, 1.165) is 27.9 Å². The standard InChI is InChI=1S/C26H20ClN5O2S/c1-29-22-13-9-19(10-14-22)24-15-18(16-30-25(24)20-7-11-21(27)12-8-20)17-31-26(28)32-35(33,34)23-5-3-2-4-6-23/h2-16H,17H2,(H3,28,31,32). The van der Waals surface area contributed by atoms with E-state index in [9.17, 15) is 8.42 Å². The third-order valence-corrected chi connectivity index (χ3v) is 6.72. The molecule has 0 atom stereocenters. The van der Waals surface area contributed by atoms with Crippen molar-refractivity contribution in [3.05, 3.63) is 113 Å². The summed E-state index contributed by atoms with van der Waals surface area (Å²) in [5.74, 6) is -0.224. The summed E-state index contributed by atoms with van der Waals surface area (Å²) in [6.07, 6.45) is 1.67. The Bertz CT molecular complexity index is 1510. The third-order valence-electron chi connectivity index (χ3n) is 5.09. The van der Waals surface area contributed by atoms with Crippen LogP contribution in [0.15, 0.2) is 101 Å². The second-order valence-corrected chi connectivity index (χ2v) is 9.64. The first kappa shape index (κ1) is 24.0. The number of aliphatic imine (C=N–C) groups is 1. The van der Waals surface area contributed by atoms with E-state index in [4.69, 9.17) is 23.9 Å². The molecule has 0 spiro atoms. The molecule has 4 aromatic rings. The molecule has 4 rings (SSSR count). The number of benzene rings is 3. The summed E-state index contributed by atoms with van der Waals surface area (Å²) < 4.78 is 27.2.